The number of benzene rings is 1. The van der Waals surface area contributed by atoms with Crippen LogP contribution in [0.15, 0.2) is 6.07 Å². The zero-order chi connectivity index (χ0) is 19.0. The highest BCUT2D eigenvalue weighted by atomic mass is 35.5. The smallest absolute Gasteiger partial charge is 0.407 e. The van der Waals surface area contributed by atoms with Crippen molar-refractivity contribution in [3.63, 3.8) is 0 Å². The Balaban J connectivity index is 1.89. The molecule has 0 spiro atoms. The lowest BCUT2D eigenvalue weighted by Gasteiger charge is -2.29. The highest BCUT2D eigenvalue weighted by Gasteiger charge is 2.41. The molecule has 8 nitrogen and oxygen atoms in total. The van der Waals surface area contributed by atoms with E-state index in [1.165, 1.54) is 18.1 Å². The maximum Gasteiger partial charge on any atom is 0.407 e. The van der Waals surface area contributed by atoms with E-state index >= 15 is 0 Å². The molecule has 0 aliphatic carbocycles. The van der Waals surface area contributed by atoms with Crippen molar-refractivity contribution in [2.24, 2.45) is 0 Å². The first-order chi connectivity index (χ1) is 12.3. The molecule has 0 radical (unpaired) electrons. The van der Waals surface area contributed by atoms with Gasteiger partial charge in [0.05, 0.1) is 12.7 Å². The molecule has 2 N–H and O–H groups in total. The van der Waals surface area contributed by atoms with Gasteiger partial charge in [-0.1, -0.05) is 11.6 Å². The third-order valence-electron chi connectivity index (χ3n) is 4.39. The fraction of sp³-hybridized carbons (Fsp3) is 0.375. The van der Waals surface area contributed by atoms with Gasteiger partial charge >= 0.3 is 6.09 Å². The number of amides is 4. The minimum absolute atomic E-state index is 0.0256. The van der Waals surface area contributed by atoms with Gasteiger partial charge in [0.1, 0.15) is 11.9 Å². The maximum atomic E-state index is 14.8. The number of piperidine rings is 1. The molecule has 1 aromatic rings. The molecule has 2 aliphatic rings. The minimum atomic E-state index is -0.861. The molecule has 1 saturated heterocycles. The highest BCUT2D eigenvalue weighted by Crippen LogP contribution is 2.35. The van der Waals surface area contributed by atoms with Crippen LogP contribution in [0, 0.1) is 5.82 Å². The van der Waals surface area contributed by atoms with E-state index in [1.54, 1.807) is 0 Å². The van der Waals surface area contributed by atoms with Crippen LogP contribution in [0.4, 0.5) is 9.18 Å². The number of methoxy groups -OCH3 is 1. The number of imide groups is 1. The van der Waals surface area contributed by atoms with Gasteiger partial charge in [-0.05, 0) is 12.5 Å². The summed E-state index contributed by atoms with van der Waals surface area (Å²) in [6.07, 6.45) is -0.487. The van der Waals surface area contributed by atoms with Gasteiger partial charge in [0.15, 0.2) is 0 Å². The second kappa shape index (κ2) is 6.91. The fourth-order valence-electron chi connectivity index (χ4n) is 3.08. The number of nitrogens with zero attached hydrogens (tertiary/aromatic N) is 1. The predicted octanol–water partition coefficient (Wildman–Crippen LogP) is 1.10. The van der Waals surface area contributed by atoms with E-state index in [1.807, 2.05) is 0 Å². The first kappa shape index (κ1) is 18.1. The molecule has 1 aromatic carbocycles. The van der Waals surface area contributed by atoms with Gasteiger partial charge in [-0.3, -0.25) is 19.7 Å². The molecule has 138 valence electrons. The van der Waals surface area contributed by atoms with Gasteiger partial charge in [-0.25, -0.2) is 9.18 Å². The molecule has 1 unspecified atom stereocenters. The van der Waals surface area contributed by atoms with Crippen molar-refractivity contribution in [1.29, 1.82) is 0 Å². The van der Waals surface area contributed by atoms with Crippen molar-refractivity contribution >= 4 is 35.4 Å². The number of nitrogens with one attached hydrogen (secondary N) is 2. The van der Waals surface area contributed by atoms with Crippen LogP contribution in [0.1, 0.15) is 34.3 Å². The Morgan fingerprint density at radius 1 is 1.46 bits per heavy atom. The molecule has 0 aromatic heterocycles. The second-order valence-corrected chi connectivity index (χ2v) is 6.34. The molecule has 0 saturated carbocycles. The molecular formula is C16H15ClFN3O5. The van der Waals surface area contributed by atoms with E-state index in [9.17, 15) is 23.6 Å². The van der Waals surface area contributed by atoms with Gasteiger partial charge < -0.3 is 15.0 Å². The summed E-state index contributed by atoms with van der Waals surface area (Å²) in [5, 5.41) is 4.65. The molecular weight excluding hydrogens is 369 g/mol. The van der Waals surface area contributed by atoms with E-state index in [4.69, 9.17) is 11.6 Å². The summed E-state index contributed by atoms with van der Waals surface area (Å²) >= 11 is 6.18. The van der Waals surface area contributed by atoms with Crippen LogP contribution in [0.25, 0.3) is 0 Å². The third-order valence-corrected chi connectivity index (χ3v) is 4.73. The average molecular weight is 384 g/mol. The Morgan fingerprint density at radius 3 is 2.85 bits per heavy atom. The molecule has 2 heterocycles. The Bertz CT molecular complexity index is 829. The van der Waals surface area contributed by atoms with Crippen LogP contribution < -0.4 is 10.6 Å². The van der Waals surface area contributed by atoms with E-state index in [0.717, 1.165) is 0 Å². The average Bonchev–Trinajstić information content (AvgIpc) is 2.94. The molecule has 0 bridgehead atoms. The van der Waals surface area contributed by atoms with E-state index in [-0.39, 0.29) is 47.6 Å². The Hall–Kier alpha value is -2.68. The van der Waals surface area contributed by atoms with Crippen LogP contribution in [-0.4, -0.2) is 41.9 Å². The van der Waals surface area contributed by atoms with Gasteiger partial charge in [-0.15, -0.1) is 0 Å². The van der Waals surface area contributed by atoms with Crippen molar-refractivity contribution in [1.82, 2.24) is 15.5 Å². The van der Waals surface area contributed by atoms with E-state index in [0.29, 0.717) is 0 Å². The number of rotatable bonds is 3. The summed E-state index contributed by atoms with van der Waals surface area (Å²) in [6, 6.07) is 0.465. The third kappa shape index (κ3) is 3.10. The number of fused-ring (bicyclic) bond motifs is 1. The normalized spacial score (nSPS) is 19.3. The predicted molar refractivity (Wildman–Crippen MR) is 86.7 cm³/mol. The summed E-state index contributed by atoms with van der Waals surface area (Å²) < 4.78 is 19.2. The number of hydrogen-bond acceptors (Lipinski definition) is 5. The Kier molecular flexibility index (Phi) is 4.82. The number of ether oxygens (including phenoxy) is 1. The van der Waals surface area contributed by atoms with Crippen LogP contribution in [-0.2, 0) is 27.4 Å². The zero-order valence-corrected chi connectivity index (χ0v) is 14.5. The number of hydrogen-bond donors (Lipinski definition) is 2. The molecule has 4 amide bonds. The van der Waals surface area contributed by atoms with Crippen molar-refractivity contribution in [2.45, 2.75) is 32.0 Å². The molecule has 1 fully saturated rings. The fourth-order valence-corrected chi connectivity index (χ4v) is 3.36. The standard InChI is InChI=1S/C16H15ClFN3O5/c1-26-16(25)19-5-7-4-9(17)8-6-21(15(24)12(8)13(7)18)10-2-3-11(22)20-14(10)23/h4,10H,2-3,5-6H2,1H3,(H,19,25)(H,20,22,23). The lowest BCUT2D eigenvalue weighted by molar-refractivity contribution is -0.136. The van der Waals surface area contributed by atoms with Crippen molar-refractivity contribution < 1.29 is 28.3 Å². The summed E-state index contributed by atoms with van der Waals surface area (Å²) in [4.78, 5) is 48.4. The minimum Gasteiger partial charge on any atom is -0.453 e. The molecule has 10 heteroatoms. The first-order valence-electron chi connectivity index (χ1n) is 7.79. The summed E-state index contributed by atoms with van der Waals surface area (Å²) in [5.41, 5.74) is 0.0853. The largest absolute Gasteiger partial charge is 0.453 e. The van der Waals surface area contributed by atoms with Gasteiger partial charge in [0.2, 0.25) is 11.8 Å². The van der Waals surface area contributed by atoms with E-state index < -0.39 is 35.7 Å². The van der Waals surface area contributed by atoms with E-state index in [2.05, 4.69) is 15.4 Å². The van der Waals surface area contributed by atoms with Crippen LogP contribution in [0.2, 0.25) is 5.02 Å². The Labute approximate surface area is 152 Å². The molecule has 2 aliphatic heterocycles. The number of halogens is 2. The lowest BCUT2D eigenvalue weighted by atomic mass is 10.0. The van der Waals surface area contributed by atoms with Gasteiger partial charge in [0, 0.05) is 35.7 Å². The zero-order valence-electron chi connectivity index (χ0n) is 13.7. The Morgan fingerprint density at radius 2 is 2.19 bits per heavy atom. The highest BCUT2D eigenvalue weighted by molar-refractivity contribution is 6.32. The van der Waals surface area contributed by atoms with Gasteiger partial charge in [0.25, 0.3) is 5.91 Å². The van der Waals surface area contributed by atoms with Crippen LogP contribution in [0.3, 0.4) is 0 Å². The summed E-state index contributed by atoms with van der Waals surface area (Å²) in [6.45, 7) is -0.238. The SMILES string of the molecule is COC(=O)NCc1cc(Cl)c2c(c1F)C(=O)N(C1CCC(=O)NC1=O)C2. The quantitative estimate of drug-likeness (QED) is 0.760. The number of alkyl carbamates (subject to hydrolysis) is 1. The summed E-state index contributed by atoms with van der Waals surface area (Å²) in [5.74, 6) is -2.48. The summed E-state index contributed by atoms with van der Waals surface area (Å²) in [7, 11) is 1.17. The lowest BCUT2D eigenvalue weighted by Crippen LogP contribution is -2.52. The molecule has 1 atom stereocenters. The van der Waals surface area contributed by atoms with Crippen molar-refractivity contribution in [2.75, 3.05) is 7.11 Å². The number of carbonyl (C=O) groups is 4. The second-order valence-electron chi connectivity index (χ2n) is 5.93. The maximum absolute atomic E-state index is 14.8. The molecule has 3 rings (SSSR count). The molecule has 26 heavy (non-hydrogen) atoms. The number of carbonyl (C=O) groups excluding carboxylic acids is 4. The monoisotopic (exact) mass is 383 g/mol. The first-order valence-corrected chi connectivity index (χ1v) is 8.17. The van der Waals surface area contributed by atoms with Crippen LogP contribution in [0.5, 0.6) is 0 Å². The topological polar surface area (TPSA) is 105 Å². The van der Waals surface area contributed by atoms with Gasteiger partial charge in [-0.2, -0.15) is 0 Å². The van der Waals surface area contributed by atoms with Crippen LogP contribution >= 0.6 is 11.6 Å². The van der Waals surface area contributed by atoms with Crippen molar-refractivity contribution in [3.05, 3.63) is 33.6 Å². The van der Waals surface area contributed by atoms with Crippen molar-refractivity contribution in [3.8, 4) is 0 Å².